The van der Waals surface area contributed by atoms with E-state index in [0.717, 1.165) is 36.8 Å². The van der Waals surface area contributed by atoms with Gasteiger partial charge in [0.15, 0.2) is 0 Å². The fourth-order valence-corrected chi connectivity index (χ4v) is 3.00. The Hall–Kier alpha value is -1.62. The van der Waals surface area contributed by atoms with Crippen LogP contribution in [0.3, 0.4) is 0 Å². The highest BCUT2D eigenvalue weighted by atomic mass is 32.1. The van der Waals surface area contributed by atoms with Gasteiger partial charge in [0, 0.05) is 43.4 Å². The van der Waals surface area contributed by atoms with Crippen LogP contribution in [0.2, 0.25) is 0 Å². The van der Waals surface area contributed by atoms with Crippen LogP contribution in [0.1, 0.15) is 31.5 Å². The van der Waals surface area contributed by atoms with Crippen LogP contribution >= 0.6 is 11.3 Å². The molecule has 4 nitrogen and oxygen atoms in total. The maximum atomic E-state index is 4.66. The van der Waals surface area contributed by atoms with E-state index in [4.69, 9.17) is 0 Å². The number of thiophene rings is 1. The molecular formula is C16H24N4S. The van der Waals surface area contributed by atoms with Gasteiger partial charge in [-0.3, -0.25) is 0 Å². The van der Waals surface area contributed by atoms with E-state index in [0.29, 0.717) is 6.04 Å². The molecule has 0 saturated heterocycles. The van der Waals surface area contributed by atoms with E-state index < -0.39 is 0 Å². The first-order valence-electron chi connectivity index (χ1n) is 7.51. The highest BCUT2D eigenvalue weighted by molar-refractivity contribution is 7.09. The van der Waals surface area contributed by atoms with Crippen molar-refractivity contribution >= 4 is 23.0 Å². The molecule has 0 fully saturated rings. The summed E-state index contributed by atoms with van der Waals surface area (Å²) in [4.78, 5) is 12.8. The standard InChI is InChI=1S/C16H24N4S/c1-5-14-18-15(17-6-2)11-16(19-14)20(4)12(3)10-13-8-7-9-21-13/h7-9,11-12H,5-6,10H2,1-4H3,(H,17,18,19). The predicted octanol–water partition coefficient (Wildman–Crippen LogP) is 3.60. The summed E-state index contributed by atoms with van der Waals surface area (Å²) in [6.07, 6.45) is 1.88. The van der Waals surface area contributed by atoms with Crippen LogP contribution in [0.5, 0.6) is 0 Å². The van der Waals surface area contributed by atoms with Gasteiger partial charge in [-0.05, 0) is 25.3 Å². The van der Waals surface area contributed by atoms with Crippen LogP contribution in [-0.2, 0) is 12.8 Å². The summed E-state index contributed by atoms with van der Waals surface area (Å²) in [6, 6.07) is 6.73. The van der Waals surface area contributed by atoms with Crippen LogP contribution < -0.4 is 10.2 Å². The van der Waals surface area contributed by atoms with E-state index in [-0.39, 0.29) is 0 Å². The summed E-state index contributed by atoms with van der Waals surface area (Å²) in [5, 5.41) is 5.42. The molecule has 0 spiro atoms. The van der Waals surface area contributed by atoms with Crippen molar-refractivity contribution in [1.82, 2.24) is 9.97 Å². The normalized spacial score (nSPS) is 12.2. The number of aryl methyl sites for hydroxylation is 1. The molecule has 2 rings (SSSR count). The number of likely N-dealkylation sites (N-methyl/N-ethyl adjacent to an activating group) is 1. The second-order valence-electron chi connectivity index (χ2n) is 5.15. The molecule has 2 heterocycles. The fraction of sp³-hybridized carbons (Fsp3) is 0.500. The first-order valence-corrected chi connectivity index (χ1v) is 8.39. The third-order valence-electron chi connectivity index (χ3n) is 3.53. The minimum atomic E-state index is 0.401. The second kappa shape index (κ2) is 7.41. The molecule has 0 aromatic carbocycles. The molecule has 1 atom stereocenters. The first kappa shape index (κ1) is 15.8. The molecule has 2 aromatic heterocycles. The maximum Gasteiger partial charge on any atom is 0.134 e. The summed E-state index contributed by atoms with van der Waals surface area (Å²) >= 11 is 1.81. The van der Waals surface area contributed by atoms with Gasteiger partial charge in [0.05, 0.1) is 0 Å². The number of rotatable bonds is 7. The lowest BCUT2D eigenvalue weighted by molar-refractivity contribution is 0.676. The Morgan fingerprint density at radius 2 is 2.14 bits per heavy atom. The molecule has 0 bridgehead atoms. The number of nitrogens with zero attached hydrogens (tertiary/aromatic N) is 3. The minimum Gasteiger partial charge on any atom is -0.370 e. The summed E-state index contributed by atoms with van der Waals surface area (Å²) in [7, 11) is 2.11. The van der Waals surface area contributed by atoms with E-state index in [1.807, 2.05) is 17.4 Å². The smallest absolute Gasteiger partial charge is 0.134 e. The predicted molar refractivity (Wildman–Crippen MR) is 91.5 cm³/mol. The highest BCUT2D eigenvalue weighted by Gasteiger charge is 2.14. The largest absolute Gasteiger partial charge is 0.370 e. The molecule has 0 aliphatic heterocycles. The molecule has 1 N–H and O–H groups in total. The van der Waals surface area contributed by atoms with Crippen molar-refractivity contribution in [3.63, 3.8) is 0 Å². The van der Waals surface area contributed by atoms with Gasteiger partial charge in [0.2, 0.25) is 0 Å². The van der Waals surface area contributed by atoms with Gasteiger partial charge in [-0.1, -0.05) is 13.0 Å². The number of hydrogen-bond acceptors (Lipinski definition) is 5. The monoisotopic (exact) mass is 304 g/mol. The number of aromatic nitrogens is 2. The molecule has 5 heteroatoms. The van der Waals surface area contributed by atoms with Crippen LogP contribution in [0, 0.1) is 0 Å². The Morgan fingerprint density at radius 1 is 1.33 bits per heavy atom. The molecule has 2 aromatic rings. The SMILES string of the molecule is CCNc1cc(N(C)C(C)Cc2cccs2)nc(CC)n1. The van der Waals surface area contributed by atoms with Gasteiger partial charge in [-0.2, -0.15) is 0 Å². The molecule has 0 saturated carbocycles. The first-order chi connectivity index (χ1) is 10.1. The molecule has 21 heavy (non-hydrogen) atoms. The number of hydrogen-bond donors (Lipinski definition) is 1. The zero-order chi connectivity index (χ0) is 15.2. The Kier molecular flexibility index (Phi) is 5.56. The summed E-state index contributed by atoms with van der Waals surface area (Å²) in [6.45, 7) is 7.27. The van der Waals surface area contributed by atoms with Crippen molar-refractivity contribution < 1.29 is 0 Å². The summed E-state index contributed by atoms with van der Waals surface area (Å²) < 4.78 is 0. The van der Waals surface area contributed by atoms with Crippen LogP contribution in [0.4, 0.5) is 11.6 Å². The van der Waals surface area contributed by atoms with E-state index in [1.54, 1.807) is 0 Å². The Morgan fingerprint density at radius 3 is 2.76 bits per heavy atom. The molecule has 0 radical (unpaired) electrons. The summed E-state index contributed by atoms with van der Waals surface area (Å²) in [5.41, 5.74) is 0. The average Bonchev–Trinajstić information content (AvgIpc) is 2.99. The van der Waals surface area contributed by atoms with E-state index >= 15 is 0 Å². The molecule has 0 aliphatic carbocycles. The van der Waals surface area contributed by atoms with Gasteiger partial charge in [-0.25, -0.2) is 9.97 Å². The van der Waals surface area contributed by atoms with Gasteiger partial charge in [-0.15, -0.1) is 11.3 Å². The highest BCUT2D eigenvalue weighted by Crippen LogP contribution is 2.20. The van der Waals surface area contributed by atoms with Crippen molar-refractivity contribution in [2.75, 3.05) is 23.8 Å². The van der Waals surface area contributed by atoms with Crippen molar-refractivity contribution in [3.05, 3.63) is 34.3 Å². The lowest BCUT2D eigenvalue weighted by Gasteiger charge is -2.26. The lowest BCUT2D eigenvalue weighted by Crippen LogP contribution is -2.31. The zero-order valence-electron chi connectivity index (χ0n) is 13.3. The van der Waals surface area contributed by atoms with Gasteiger partial charge < -0.3 is 10.2 Å². The number of nitrogens with one attached hydrogen (secondary N) is 1. The van der Waals surface area contributed by atoms with Crippen LogP contribution in [0.15, 0.2) is 23.6 Å². The third kappa shape index (κ3) is 4.17. The minimum absolute atomic E-state index is 0.401. The van der Waals surface area contributed by atoms with E-state index in [2.05, 4.69) is 65.5 Å². The molecule has 0 amide bonds. The van der Waals surface area contributed by atoms with Gasteiger partial charge in [0.25, 0.3) is 0 Å². The molecule has 0 aliphatic rings. The van der Waals surface area contributed by atoms with E-state index in [9.17, 15) is 0 Å². The molecular weight excluding hydrogens is 280 g/mol. The van der Waals surface area contributed by atoms with Crippen molar-refractivity contribution in [3.8, 4) is 0 Å². The van der Waals surface area contributed by atoms with Crippen LogP contribution in [-0.4, -0.2) is 29.6 Å². The maximum absolute atomic E-state index is 4.66. The van der Waals surface area contributed by atoms with E-state index in [1.165, 1.54) is 4.88 Å². The lowest BCUT2D eigenvalue weighted by atomic mass is 10.2. The van der Waals surface area contributed by atoms with Crippen molar-refractivity contribution in [2.45, 2.75) is 39.7 Å². The Bertz CT molecular complexity index is 553. The number of anilines is 2. The van der Waals surface area contributed by atoms with Crippen molar-refractivity contribution in [1.29, 1.82) is 0 Å². The summed E-state index contributed by atoms with van der Waals surface area (Å²) in [5.74, 6) is 2.79. The topological polar surface area (TPSA) is 41.0 Å². The van der Waals surface area contributed by atoms with Gasteiger partial charge in [0.1, 0.15) is 17.5 Å². The van der Waals surface area contributed by atoms with Crippen LogP contribution in [0.25, 0.3) is 0 Å². The Labute approximate surface area is 131 Å². The fourth-order valence-electron chi connectivity index (χ4n) is 2.18. The Balaban J connectivity index is 2.16. The third-order valence-corrected chi connectivity index (χ3v) is 4.43. The molecule has 114 valence electrons. The molecule has 1 unspecified atom stereocenters. The zero-order valence-corrected chi connectivity index (χ0v) is 14.1. The van der Waals surface area contributed by atoms with Gasteiger partial charge >= 0.3 is 0 Å². The second-order valence-corrected chi connectivity index (χ2v) is 6.19. The van der Waals surface area contributed by atoms with Crippen molar-refractivity contribution in [2.24, 2.45) is 0 Å². The average molecular weight is 304 g/mol. The quantitative estimate of drug-likeness (QED) is 0.848.